The summed E-state index contributed by atoms with van der Waals surface area (Å²) >= 11 is 0. The fraction of sp³-hybridized carbons (Fsp3) is 0.562. The topological polar surface area (TPSA) is 91.6 Å². The molecule has 1 aliphatic rings. The van der Waals surface area contributed by atoms with Gasteiger partial charge in [0, 0.05) is 30.8 Å². The van der Waals surface area contributed by atoms with Gasteiger partial charge in [0.1, 0.15) is 0 Å². The summed E-state index contributed by atoms with van der Waals surface area (Å²) in [6.45, 7) is 0.506. The maximum atomic E-state index is 12.2. The molecule has 7 heteroatoms. The van der Waals surface area contributed by atoms with Crippen molar-refractivity contribution in [2.75, 3.05) is 6.61 Å². The van der Waals surface area contributed by atoms with Crippen LogP contribution in [0.25, 0.3) is 5.65 Å². The lowest BCUT2D eigenvalue weighted by Crippen LogP contribution is -2.46. The number of fused-ring (bicyclic) bond motifs is 1. The Morgan fingerprint density at radius 2 is 2.13 bits per heavy atom. The van der Waals surface area contributed by atoms with E-state index in [0.717, 1.165) is 37.0 Å². The van der Waals surface area contributed by atoms with Crippen LogP contribution in [-0.2, 0) is 6.54 Å². The lowest BCUT2D eigenvalue weighted by atomic mass is 9.96. The molecule has 2 aromatic rings. The van der Waals surface area contributed by atoms with E-state index in [-0.39, 0.29) is 24.6 Å². The minimum absolute atomic E-state index is 0.0460. The number of hydrogen-bond donors (Lipinski definition) is 3. The third-order valence-corrected chi connectivity index (χ3v) is 4.51. The molecule has 23 heavy (non-hydrogen) atoms. The third-order valence-electron chi connectivity index (χ3n) is 4.51. The average molecular weight is 317 g/mol. The number of carbonyl (C=O) groups is 1. The highest BCUT2D eigenvalue weighted by Crippen LogP contribution is 2.23. The van der Waals surface area contributed by atoms with E-state index in [2.05, 4.69) is 20.7 Å². The number of carbonyl (C=O) groups excluding carboxylic acids is 1. The molecule has 1 saturated carbocycles. The Morgan fingerprint density at radius 1 is 1.26 bits per heavy atom. The van der Waals surface area contributed by atoms with Crippen LogP contribution >= 0.6 is 0 Å². The fourth-order valence-corrected chi connectivity index (χ4v) is 3.20. The van der Waals surface area contributed by atoms with E-state index in [9.17, 15) is 9.90 Å². The Morgan fingerprint density at radius 3 is 3.00 bits per heavy atom. The summed E-state index contributed by atoms with van der Waals surface area (Å²) in [6, 6.07) is 3.50. The minimum atomic E-state index is -0.201. The highest BCUT2D eigenvalue weighted by molar-refractivity contribution is 5.74. The molecule has 3 N–H and O–H groups in total. The quantitative estimate of drug-likeness (QED) is 0.745. The van der Waals surface area contributed by atoms with Crippen molar-refractivity contribution in [2.24, 2.45) is 5.92 Å². The predicted octanol–water partition coefficient (Wildman–Crippen LogP) is 1.47. The molecule has 0 saturated heterocycles. The van der Waals surface area contributed by atoms with Crippen molar-refractivity contribution in [2.45, 2.75) is 44.7 Å². The Balaban J connectivity index is 1.57. The van der Waals surface area contributed by atoms with Gasteiger partial charge in [-0.2, -0.15) is 5.10 Å². The molecule has 124 valence electrons. The zero-order valence-electron chi connectivity index (χ0n) is 13.1. The zero-order valence-corrected chi connectivity index (χ0v) is 13.1. The molecule has 3 rings (SSSR count). The van der Waals surface area contributed by atoms with E-state index in [4.69, 9.17) is 0 Å². The number of nitrogens with zero attached hydrogens (tertiary/aromatic N) is 3. The second-order valence-corrected chi connectivity index (χ2v) is 6.05. The largest absolute Gasteiger partial charge is 0.396 e. The summed E-state index contributed by atoms with van der Waals surface area (Å²) in [5.74, 6) is 0.155. The minimum Gasteiger partial charge on any atom is -0.396 e. The van der Waals surface area contributed by atoms with Crippen molar-refractivity contribution in [1.82, 2.24) is 25.2 Å². The Kier molecular flexibility index (Phi) is 5.07. The lowest BCUT2D eigenvalue weighted by Gasteiger charge is -2.24. The predicted molar refractivity (Wildman–Crippen MR) is 85.8 cm³/mol. The van der Waals surface area contributed by atoms with E-state index < -0.39 is 0 Å². The van der Waals surface area contributed by atoms with Crippen molar-refractivity contribution in [3.05, 3.63) is 30.2 Å². The highest BCUT2D eigenvalue weighted by atomic mass is 16.3. The molecule has 1 fully saturated rings. The number of urea groups is 1. The van der Waals surface area contributed by atoms with Gasteiger partial charge in [-0.15, -0.1) is 0 Å². The molecule has 0 spiro atoms. The molecule has 1 aliphatic carbocycles. The number of aliphatic hydroxyl groups is 1. The molecule has 2 aromatic heterocycles. The summed E-state index contributed by atoms with van der Waals surface area (Å²) in [4.78, 5) is 16.4. The Bertz CT molecular complexity index is 657. The number of nitrogens with one attached hydrogen (secondary N) is 2. The van der Waals surface area contributed by atoms with Gasteiger partial charge in [0.2, 0.25) is 0 Å². The first-order valence-electron chi connectivity index (χ1n) is 8.21. The van der Waals surface area contributed by atoms with Crippen LogP contribution in [0, 0.1) is 5.92 Å². The first-order chi connectivity index (χ1) is 11.3. The van der Waals surface area contributed by atoms with Gasteiger partial charge in [-0.25, -0.2) is 14.3 Å². The molecule has 2 heterocycles. The van der Waals surface area contributed by atoms with Gasteiger partial charge in [-0.1, -0.05) is 19.3 Å². The highest BCUT2D eigenvalue weighted by Gasteiger charge is 2.24. The molecule has 2 amide bonds. The molecule has 0 radical (unpaired) electrons. The van der Waals surface area contributed by atoms with Crippen LogP contribution < -0.4 is 10.6 Å². The van der Waals surface area contributed by atoms with E-state index in [0.29, 0.717) is 6.54 Å². The van der Waals surface area contributed by atoms with Crippen LogP contribution in [0.1, 0.15) is 37.8 Å². The van der Waals surface area contributed by atoms with Gasteiger partial charge in [0.25, 0.3) is 0 Å². The zero-order chi connectivity index (χ0) is 16.1. The maximum absolute atomic E-state index is 12.2. The van der Waals surface area contributed by atoms with Crippen LogP contribution in [0.4, 0.5) is 4.79 Å². The van der Waals surface area contributed by atoms with E-state index in [1.54, 1.807) is 16.9 Å². The van der Waals surface area contributed by atoms with Crippen molar-refractivity contribution in [3.8, 4) is 0 Å². The van der Waals surface area contributed by atoms with Crippen LogP contribution in [0.15, 0.2) is 24.5 Å². The van der Waals surface area contributed by atoms with Crippen molar-refractivity contribution in [1.29, 1.82) is 0 Å². The molecular weight excluding hydrogens is 294 g/mol. The van der Waals surface area contributed by atoms with E-state index in [1.165, 1.54) is 6.42 Å². The number of aliphatic hydroxyl groups excluding tert-OH is 1. The summed E-state index contributed by atoms with van der Waals surface area (Å²) in [7, 11) is 0. The molecule has 7 nitrogen and oxygen atoms in total. The van der Waals surface area contributed by atoms with Crippen LogP contribution in [-0.4, -0.2) is 38.4 Å². The van der Waals surface area contributed by atoms with Crippen LogP contribution in [0.2, 0.25) is 0 Å². The van der Waals surface area contributed by atoms with E-state index >= 15 is 0 Å². The van der Waals surface area contributed by atoms with Gasteiger partial charge >= 0.3 is 6.03 Å². The van der Waals surface area contributed by atoms with Gasteiger partial charge in [-0.05, 0) is 18.9 Å². The molecule has 2 atom stereocenters. The number of aromatic nitrogens is 3. The summed E-state index contributed by atoms with van der Waals surface area (Å²) < 4.78 is 1.71. The molecule has 0 aromatic carbocycles. The second kappa shape index (κ2) is 7.41. The smallest absolute Gasteiger partial charge is 0.315 e. The SMILES string of the molecule is O=C(NCc1ccnc2ccnn12)NC1CCCCCC1CO. The van der Waals surface area contributed by atoms with Crippen molar-refractivity contribution >= 4 is 11.7 Å². The number of rotatable bonds is 4. The first-order valence-corrected chi connectivity index (χ1v) is 8.21. The standard InChI is InChI=1S/C16H23N5O2/c22-11-12-4-2-1-3-5-14(12)20-16(23)18-10-13-6-8-17-15-7-9-19-21(13)15/h6-9,12,14,22H,1-5,10-11H2,(H2,18,20,23). The maximum Gasteiger partial charge on any atom is 0.315 e. The average Bonchev–Trinajstić information content (AvgIpc) is 2.94. The van der Waals surface area contributed by atoms with Crippen molar-refractivity contribution in [3.63, 3.8) is 0 Å². The lowest BCUT2D eigenvalue weighted by molar-refractivity contribution is 0.179. The summed E-state index contributed by atoms with van der Waals surface area (Å²) in [5, 5.41) is 19.6. The molecule has 2 unspecified atom stereocenters. The van der Waals surface area contributed by atoms with Gasteiger partial charge < -0.3 is 15.7 Å². The van der Waals surface area contributed by atoms with Gasteiger partial charge in [0.15, 0.2) is 5.65 Å². The Labute approximate surface area is 135 Å². The number of hydrogen-bond acceptors (Lipinski definition) is 4. The third kappa shape index (κ3) is 3.79. The Hall–Kier alpha value is -2.15. The molecular formula is C16H23N5O2. The fourth-order valence-electron chi connectivity index (χ4n) is 3.20. The molecule has 0 bridgehead atoms. The number of amides is 2. The monoisotopic (exact) mass is 317 g/mol. The van der Waals surface area contributed by atoms with Crippen LogP contribution in [0.5, 0.6) is 0 Å². The van der Waals surface area contributed by atoms with Gasteiger partial charge in [0.05, 0.1) is 18.4 Å². The first kappa shape index (κ1) is 15.7. The van der Waals surface area contributed by atoms with Crippen LogP contribution in [0.3, 0.4) is 0 Å². The summed E-state index contributed by atoms with van der Waals surface area (Å²) in [5.41, 5.74) is 1.63. The second-order valence-electron chi connectivity index (χ2n) is 6.05. The molecule has 0 aliphatic heterocycles. The summed E-state index contributed by atoms with van der Waals surface area (Å²) in [6.07, 6.45) is 8.68. The normalized spacial score (nSPS) is 21.8. The van der Waals surface area contributed by atoms with E-state index in [1.807, 2.05) is 12.1 Å². The van der Waals surface area contributed by atoms with Crippen molar-refractivity contribution < 1.29 is 9.90 Å². The van der Waals surface area contributed by atoms with Gasteiger partial charge in [-0.3, -0.25) is 0 Å².